The zero-order valence-corrected chi connectivity index (χ0v) is 19.8. The van der Waals surface area contributed by atoms with Crippen LogP contribution in [0.4, 0.5) is 5.82 Å². The summed E-state index contributed by atoms with van der Waals surface area (Å²) in [7, 11) is -4.10. The van der Waals surface area contributed by atoms with E-state index in [9.17, 15) is 18.5 Å². The largest absolute Gasteiger partial charge is 0.356 e. The molecule has 1 atom stereocenters. The number of sulfone groups is 1. The van der Waals surface area contributed by atoms with Crippen molar-refractivity contribution in [3.8, 4) is 6.07 Å². The van der Waals surface area contributed by atoms with Crippen LogP contribution in [0.3, 0.4) is 0 Å². The number of fused-ring (bicyclic) bond motifs is 1. The molecule has 0 aliphatic carbocycles. The number of benzene rings is 1. The van der Waals surface area contributed by atoms with Gasteiger partial charge in [-0.3, -0.25) is 9.20 Å². The predicted molar refractivity (Wildman–Crippen MR) is 129 cm³/mol. The minimum absolute atomic E-state index is 0.0127. The van der Waals surface area contributed by atoms with E-state index in [4.69, 9.17) is 4.98 Å². The van der Waals surface area contributed by atoms with Crippen molar-refractivity contribution in [2.75, 3.05) is 18.0 Å². The molecule has 4 rings (SSSR count). The van der Waals surface area contributed by atoms with Crippen molar-refractivity contribution in [3.05, 3.63) is 74.5 Å². The van der Waals surface area contributed by atoms with Crippen molar-refractivity contribution in [2.24, 2.45) is 5.92 Å². The zero-order valence-electron chi connectivity index (χ0n) is 18.9. The van der Waals surface area contributed by atoms with Crippen molar-refractivity contribution in [1.82, 2.24) is 9.38 Å². The summed E-state index contributed by atoms with van der Waals surface area (Å²) in [5, 5.41) is 9.79. The lowest BCUT2D eigenvalue weighted by Gasteiger charge is -2.32. The van der Waals surface area contributed by atoms with Gasteiger partial charge in [-0.25, -0.2) is 13.4 Å². The minimum atomic E-state index is -4.10. The number of pyridine rings is 1. The highest BCUT2D eigenvalue weighted by molar-refractivity contribution is 7.95. The average Bonchev–Trinajstić information content (AvgIpc) is 2.79. The van der Waals surface area contributed by atoms with E-state index in [0.717, 1.165) is 24.0 Å². The third-order valence-corrected chi connectivity index (χ3v) is 7.71. The molecule has 3 heterocycles. The maximum absolute atomic E-state index is 13.5. The van der Waals surface area contributed by atoms with Gasteiger partial charge in [0.2, 0.25) is 9.84 Å². The monoisotopic (exact) mass is 462 g/mol. The van der Waals surface area contributed by atoms with E-state index < -0.39 is 20.3 Å². The molecule has 33 heavy (non-hydrogen) atoms. The first-order valence-electron chi connectivity index (χ1n) is 10.9. The first-order chi connectivity index (χ1) is 15.7. The van der Waals surface area contributed by atoms with Crippen LogP contribution in [-0.4, -0.2) is 30.9 Å². The molecular weight excluding hydrogens is 436 g/mol. The summed E-state index contributed by atoms with van der Waals surface area (Å²) in [5.41, 5.74) is 1.98. The van der Waals surface area contributed by atoms with Crippen LogP contribution in [0.15, 0.2) is 57.2 Å². The number of rotatable bonds is 4. The number of anilines is 1. The quantitative estimate of drug-likeness (QED) is 0.546. The van der Waals surface area contributed by atoms with Crippen LogP contribution >= 0.6 is 0 Å². The standard InChI is InChI=1S/C25H26N4O3S/c1-17-8-10-20(11-9-17)33(31,32)21(15-26)14-22-24(28-12-4-6-18(2)16-28)27-23-19(3)7-5-13-29(23)25(22)30/h5,7-11,13-14,18H,4,6,12,16H2,1-3H3/b21-14+. The fourth-order valence-electron chi connectivity index (χ4n) is 4.19. The average molecular weight is 463 g/mol. The number of nitriles is 1. The maximum atomic E-state index is 13.5. The lowest BCUT2D eigenvalue weighted by Crippen LogP contribution is -2.37. The number of aromatic nitrogens is 2. The molecule has 1 fully saturated rings. The normalized spacial score (nSPS) is 17.2. The Morgan fingerprint density at radius 3 is 2.61 bits per heavy atom. The van der Waals surface area contributed by atoms with E-state index in [1.165, 1.54) is 22.6 Å². The van der Waals surface area contributed by atoms with Gasteiger partial charge in [-0.05, 0) is 62.4 Å². The summed E-state index contributed by atoms with van der Waals surface area (Å²) in [6.45, 7) is 7.30. The first kappa shape index (κ1) is 22.7. The lowest BCUT2D eigenvalue weighted by atomic mass is 10.00. The molecule has 0 amide bonds. The molecule has 3 aromatic rings. The number of allylic oxidation sites excluding steroid dienone is 1. The Balaban J connectivity index is 1.97. The second-order valence-electron chi connectivity index (χ2n) is 8.67. The molecule has 0 radical (unpaired) electrons. The Bertz CT molecular complexity index is 1450. The van der Waals surface area contributed by atoms with Crippen LogP contribution in [0.25, 0.3) is 11.7 Å². The predicted octanol–water partition coefficient (Wildman–Crippen LogP) is 3.89. The van der Waals surface area contributed by atoms with Crippen LogP contribution in [-0.2, 0) is 9.84 Å². The van der Waals surface area contributed by atoms with Crippen molar-refractivity contribution in [1.29, 1.82) is 5.26 Å². The van der Waals surface area contributed by atoms with E-state index >= 15 is 0 Å². The van der Waals surface area contributed by atoms with Gasteiger partial charge in [0, 0.05) is 19.3 Å². The van der Waals surface area contributed by atoms with Crippen LogP contribution in [0.5, 0.6) is 0 Å². The summed E-state index contributed by atoms with van der Waals surface area (Å²) in [6, 6.07) is 11.7. The highest BCUT2D eigenvalue weighted by atomic mass is 32.2. The summed E-state index contributed by atoms with van der Waals surface area (Å²) in [6.07, 6.45) is 4.83. The Morgan fingerprint density at radius 2 is 1.94 bits per heavy atom. The molecule has 170 valence electrons. The summed E-state index contributed by atoms with van der Waals surface area (Å²) in [4.78, 5) is 19.9. The second-order valence-corrected chi connectivity index (χ2v) is 10.6. The molecule has 1 unspecified atom stereocenters. The number of hydrogen-bond acceptors (Lipinski definition) is 6. The number of hydrogen-bond donors (Lipinski definition) is 0. The third-order valence-electron chi connectivity index (χ3n) is 6.03. The van der Waals surface area contributed by atoms with Crippen molar-refractivity contribution >= 4 is 27.4 Å². The highest BCUT2D eigenvalue weighted by Crippen LogP contribution is 2.28. The number of aryl methyl sites for hydroxylation is 2. The maximum Gasteiger partial charge on any atom is 0.267 e. The van der Waals surface area contributed by atoms with E-state index in [2.05, 4.69) is 6.92 Å². The molecule has 0 saturated carbocycles. The molecular formula is C25H26N4O3S. The topological polar surface area (TPSA) is 95.5 Å². The van der Waals surface area contributed by atoms with Crippen molar-refractivity contribution in [2.45, 2.75) is 38.5 Å². The highest BCUT2D eigenvalue weighted by Gasteiger charge is 2.26. The minimum Gasteiger partial charge on any atom is -0.356 e. The van der Waals surface area contributed by atoms with Crippen LogP contribution in [0.1, 0.15) is 36.5 Å². The van der Waals surface area contributed by atoms with E-state index in [-0.39, 0.29) is 10.5 Å². The molecule has 2 aromatic heterocycles. The lowest BCUT2D eigenvalue weighted by molar-refractivity contribution is 0.444. The van der Waals surface area contributed by atoms with Gasteiger partial charge in [-0.2, -0.15) is 5.26 Å². The molecule has 1 aliphatic heterocycles. The summed E-state index contributed by atoms with van der Waals surface area (Å²) >= 11 is 0. The van der Waals surface area contributed by atoms with Gasteiger partial charge in [0.05, 0.1) is 10.5 Å². The second kappa shape index (κ2) is 8.83. The van der Waals surface area contributed by atoms with Crippen LogP contribution < -0.4 is 10.5 Å². The Hall–Kier alpha value is -3.44. The molecule has 0 spiro atoms. The molecule has 1 aliphatic rings. The van der Waals surface area contributed by atoms with Crippen LogP contribution in [0.2, 0.25) is 0 Å². The van der Waals surface area contributed by atoms with E-state index in [1.54, 1.807) is 24.4 Å². The summed E-state index contributed by atoms with van der Waals surface area (Å²) in [5.74, 6) is 0.840. The summed E-state index contributed by atoms with van der Waals surface area (Å²) < 4.78 is 27.8. The molecule has 8 heteroatoms. The van der Waals surface area contributed by atoms with Gasteiger partial charge >= 0.3 is 0 Å². The van der Waals surface area contributed by atoms with Gasteiger partial charge in [-0.1, -0.05) is 30.7 Å². The smallest absolute Gasteiger partial charge is 0.267 e. The molecule has 7 nitrogen and oxygen atoms in total. The molecule has 1 saturated heterocycles. The number of piperidine rings is 1. The fourth-order valence-corrected chi connectivity index (χ4v) is 5.34. The molecule has 0 bridgehead atoms. The van der Waals surface area contributed by atoms with Gasteiger partial charge in [-0.15, -0.1) is 0 Å². The first-order valence-corrected chi connectivity index (χ1v) is 12.4. The van der Waals surface area contributed by atoms with Gasteiger partial charge < -0.3 is 4.90 Å². The van der Waals surface area contributed by atoms with Crippen molar-refractivity contribution < 1.29 is 8.42 Å². The zero-order chi connectivity index (χ0) is 23.8. The van der Waals surface area contributed by atoms with Gasteiger partial charge in [0.25, 0.3) is 5.56 Å². The number of nitrogens with zero attached hydrogens (tertiary/aromatic N) is 4. The van der Waals surface area contributed by atoms with Crippen molar-refractivity contribution in [3.63, 3.8) is 0 Å². The fraction of sp³-hybridized carbons (Fsp3) is 0.320. The Morgan fingerprint density at radius 1 is 1.21 bits per heavy atom. The van der Waals surface area contributed by atoms with Gasteiger partial charge in [0.15, 0.2) is 0 Å². The molecule has 1 aromatic carbocycles. The van der Waals surface area contributed by atoms with Gasteiger partial charge in [0.1, 0.15) is 22.4 Å². The van der Waals surface area contributed by atoms with E-state index in [1.807, 2.05) is 30.9 Å². The molecule has 0 N–H and O–H groups in total. The van der Waals surface area contributed by atoms with Crippen LogP contribution in [0, 0.1) is 31.1 Å². The van der Waals surface area contributed by atoms with E-state index in [0.29, 0.717) is 30.5 Å². The Labute approximate surface area is 193 Å². The third kappa shape index (κ3) is 4.29. The Kier molecular flexibility index (Phi) is 6.09. The SMILES string of the molecule is Cc1ccc(S(=O)(=O)/C(C#N)=C/c2c(N3CCCC(C)C3)nc3c(C)cccn3c2=O)cc1.